The van der Waals surface area contributed by atoms with Gasteiger partial charge in [-0.2, -0.15) is 0 Å². The van der Waals surface area contributed by atoms with Crippen LogP contribution in [0.4, 0.5) is 17.3 Å². The average Bonchev–Trinajstić information content (AvgIpc) is 2.33. The van der Waals surface area contributed by atoms with Crippen molar-refractivity contribution < 1.29 is 0 Å². The first-order valence-corrected chi connectivity index (χ1v) is 6.90. The van der Waals surface area contributed by atoms with Crippen molar-refractivity contribution in [2.75, 3.05) is 17.3 Å². The highest BCUT2D eigenvalue weighted by molar-refractivity contribution is 7.98. The molecule has 4 nitrogen and oxygen atoms in total. The number of halogens is 1. The minimum atomic E-state index is 0.440. The maximum atomic E-state index is 6.07. The number of hydrogen-bond acceptors (Lipinski definition) is 5. The maximum absolute atomic E-state index is 6.07. The second-order valence-corrected chi connectivity index (χ2v) is 4.93. The van der Waals surface area contributed by atoms with E-state index in [1.54, 1.807) is 6.07 Å². The number of nitrogens with one attached hydrogen (secondary N) is 1. The van der Waals surface area contributed by atoms with E-state index in [0.29, 0.717) is 21.8 Å². The fraction of sp³-hybridized carbons (Fsp3) is 0.167. The van der Waals surface area contributed by atoms with Crippen LogP contribution in [-0.2, 0) is 0 Å². The highest BCUT2D eigenvalue weighted by Crippen LogP contribution is 2.23. The van der Waals surface area contributed by atoms with Crippen molar-refractivity contribution >= 4 is 40.7 Å². The topological polar surface area (TPSA) is 63.8 Å². The number of aryl methyl sites for hydroxylation is 1. The Morgan fingerprint density at radius 2 is 2.06 bits per heavy atom. The van der Waals surface area contributed by atoms with Crippen LogP contribution >= 0.6 is 23.4 Å². The highest BCUT2D eigenvalue weighted by atomic mass is 35.5. The van der Waals surface area contributed by atoms with E-state index in [9.17, 15) is 0 Å². The third-order valence-electron chi connectivity index (χ3n) is 2.35. The third kappa shape index (κ3) is 3.05. The molecule has 1 aromatic carbocycles. The lowest BCUT2D eigenvalue weighted by molar-refractivity contribution is 0.984. The number of rotatable bonds is 3. The molecule has 94 valence electrons. The van der Waals surface area contributed by atoms with Crippen molar-refractivity contribution in [3.63, 3.8) is 0 Å². The minimum absolute atomic E-state index is 0.440. The number of thioether (sulfide) groups is 1. The van der Waals surface area contributed by atoms with Gasteiger partial charge in [0.05, 0.1) is 0 Å². The van der Waals surface area contributed by atoms with Gasteiger partial charge >= 0.3 is 0 Å². The molecule has 0 radical (unpaired) electrons. The van der Waals surface area contributed by atoms with Crippen LogP contribution in [0.2, 0.25) is 5.02 Å². The Morgan fingerprint density at radius 1 is 1.28 bits per heavy atom. The monoisotopic (exact) mass is 280 g/mol. The van der Waals surface area contributed by atoms with Crippen molar-refractivity contribution in [1.82, 2.24) is 9.97 Å². The van der Waals surface area contributed by atoms with Crippen LogP contribution in [0.1, 0.15) is 5.56 Å². The number of anilines is 3. The number of nitrogen functional groups attached to an aromatic ring is 1. The van der Waals surface area contributed by atoms with E-state index in [2.05, 4.69) is 15.3 Å². The smallest absolute Gasteiger partial charge is 0.191 e. The first kappa shape index (κ1) is 13.0. The van der Waals surface area contributed by atoms with Gasteiger partial charge in [-0.05, 0) is 30.9 Å². The van der Waals surface area contributed by atoms with Crippen molar-refractivity contribution in [2.45, 2.75) is 12.1 Å². The fourth-order valence-electron chi connectivity index (χ4n) is 1.42. The van der Waals surface area contributed by atoms with E-state index in [-0.39, 0.29) is 0 Å². The Morgan fingerprint density at radius 3 is 2.72 bits per heavy atom. The molecule has 0 fully saturated rings. The SMILES string of the molecule is CSc1nc(N)cc(Nc2ccc(C)c(Cl)c2)n1. The van der Waals surface area contributed by atoms with Crippen LogP contribution in [0, 0.1) is 6.92 Å². The van der Waals surface area contributed by atoms with Crippen LogP contribution < -0.4 is 11.1 Å². The van der Waals surface area contributed by atoms with Gasteiger partial charge in [-0.3, -0.25) is 0 Å². The molecule has 0 amide bonds. The summed E-state index contributed by atoms with van der Waals surface area (Å²) in [5, 5.41) is 4.51. The normalized spacial score (nSPS) is 10.4. The van der Waals surface area contributed by atoms with Crippen LogP contribution in [0.25, 0.3) is 0 Å². The van der Waals surface area contributed by atoms with E-state index in [0.717, 1.165) is 11.3 Å². The van der Waals surface area contributed by atoms with Gasteiger partial charge in [0.15, 0.2) is 5.16 Å². The summed E-state index contributed by atoms with van der Waals surface area (Å²) < 4.78 is 0. The van der Waals surface area contributed by atoms with Crippen LogP contribution in [0.15, 0.2) is 29.4 Å². The number of nitrogens with zero attached hydrogens (tertiary/aromatic N) is 2. The number of benzene rings is 1. The Labute approximate surface area is 115 Å². The van der Waals surface area contributed by atoms with E-state index in [1.807, 2.05) is 31.4 Å². The Kier molecular flexibility index (Phi) is 3.93. The van der Waals surface area contributed by atoms with Crippen molar-refractivity contribution in [1.29, 1.82) is 0 Å². The number of nitrogens with two attached hydrogens (primary N) is 1. The number of hydrogen-bond donors (Lipinski definition) is 2. The number of aromatic nitrogens is 2. The molecule has 0 atom stereocenters. The van der Waals surface area contributed by atoms with Gasteiger partial charge in [0, 0.05) is 16.8 Å². The Hall–Kier alpha value is -1.46. The molecule has 0 spiro atoms. The quantitative estimate of drug-likeness (QED) is 0.666. The molecule has 18 heavy (non-hydrogen) atoms. The van der Waals surface area contributed by atoms with Gasteiger partial charge in [0.25, 0.3) is 0 Å². The van der Waals surface area contributed by atoms with Crippen molar-refractivity contribution in [3.8, 4) is 0 Å². The predicted octanol–water partition coefficient (Wildman–Crippen LogP) is 3.49. The van der Waals surface area contributed by atoms with Crippen LogP contribution in [0.3, 0.4) is 0 Å². The lowest BCUT2D eigenvalue weighted by atomic mass is 10.2. The molecule has 0 unspecified atom stereocenters. The molecule has 0 bridgehead atoms. The summed E-state index contributed by atoms with van der Waals surface area (Å²) in [5.74, 6) is 1.10. The molecule has 2 rings (SSSR count). The summed E-state index contributed by atoms with van der Waals surface area (Å²) in [5.41, 5.74) is 7.62. The molecular formula is C12H13ClN4S. The van der Waals surface area contributed by atoms with Gasteiger partial charge in [-0.1, -0.05) is 29.4 Å². The van der Waals surface area contributed by atoms with Gasteiger partial charge in [0.2, 0.25) is 0 Å². The molecule has 6 heteroatoms. The van der Waals surface area contributed by atoms with Gasteiger partial charge in [0.1, 0.15) is 11.6 Å². The third-order valence-corrected chi connectivity index (χ3v) is 3.31. The molecule has 0 saturated heterocycles. The van der Waals surface area contributed by atoms with E-state index in [4.69, 9.17) is 17.3 Å². The lowest BCUT2D eigenvalue weighted by Crippen LogP contribution is -2.00. The van der Waals surface area contributed by atoms with Gasteiger partial charge in [-0.25, -0.2) is 9.97 Å². The van der Waals surface area contributed by atoms with E-state index >= 15 is 0 Å². The predicted molar refractivity (Wildman–Crippen MR) is 77.7 cm³/mol. The van der Waals surface area contributed by atoms with Crippen LogP contribution in [-0.4, -0.2) is 16.2 Å². The summed E-state index contributed by atoms with van der Waals surface area (Å²) in [6, 6.07) is 7.43. The zero-order valence-corrected chi connectivity index (χ0v) is 11.6. The summed E-state index contributed by atoms with van der Waals surface area (Å²) in [6.45, 7) is 1.96. The van der Waals surface area contributed by atoms with Crippen LogP contribution in [0.5, 0.6) is 0 Å². The molecule has 1 aromatic heterocycles. The molecule has 0 aliphatic heterocycles. The molecule has 2 aromatic rings. The molecule has 0 aliphatic rings. The van der Waals surface area contributed by atoms with E-state index < -0.39 is 0 Å². The summed E-state index contributed by atoms with van der Waals surface area (Å²) >= 11 is 7.51. The summed E-state index contributed by atoms with van der Waals surface area (Å²) in [6.07, 6.45) is 1.90. The van der Waals surface area contributed by atoms with Gasteiger partial charge < -0.3 is 11.1 Å². The standard InChI is InChI=1S/C12H13ClN4S/c1-7-3-4-8(5-9(7)13)15-11-6-10(14)16-12(17-11)18-2/h3-6H,1-2H3,(H3,14,15,16,17). The first-order chi connectivity index (χ1) is 8.58. The molecule has 1 heterocycles. The summed E-state index contributed by atoms with van der Waals surface area (Å²) in [7, 11) is 0. The second-order valence-electron chi connectivity index (χ2n) is 3.75. The molecular weight excluding hydrogens is 268 g/mol. The van der Waals surface area contributed by atoms with Crippen molar-refractivity contribution in [2.24, 2.45) is 0 Å². The first-order valence-electron chi connectivity index (χ1n) is 5.30. The van der Waals surface area contributed by atoms with Crippen molar-refractivity contribution in [3.05, 3.63) is 34.9 Å². The lowest BCUT2D eigenvalue weighted by Gasteiger charge is -2.08. The molecule has 0 saturated carbocycles. The highest BCUT2D eigenvalue weighted by Gasteiger charge is 2.03. The maximum Gasteiger partial charge on any atom is 0.191 e. The Balaban J connectivity index is 2.27. The Bertz CT molecular complexity index is 574. The average molecular weight is 281 g/mol. The molecule has 3 N–H and O–H groups in total. The second kappa shape index (κ2) is 5.46. The van der Waals surface area contributed by atoms with E-state index in [1.165, 1.54) is 11.8 Å². The zero-order chi connectivity index (χ0) is 13.1. The zero-order valence-electron chi connectivity index (χ0n) is 10.1. The van der Waals surface area contributed by atoms with Gasteiger partial charge in [-0.15, -0.1) is 0 Å². The fourth-order valence-corrected chi connectivity index (χ4v) is 1.98. The largest absolute Gasteiger partial charge is 0.383 e. The summed E-state index contributed by atoms with van der Waals surface area (Å²) in [4.78, 5) is 8.41. The molecule has 0 aliphatic carbocycles. The minimum Gasteiger partial charge on any atom is -0.383 e.